The monoisotopic (exact) mass is 455 g/mol. The van der Waals surface area contributed by atoms with E-state index >= 15 is 0 Å². The van der Waals surface area contributed by atoms with Crippen molar-refractivity contribution in [3.63, 3.8) is 0 Å². The van der Waals surface area contributed by atoms with E-state index in [1.54, 1.807) is 0 Å². The van der Waals surface area contributed by atoms with Gasteiger partial charge in [0.05, 0.1) is 0 Å². The molecule has 33 heavy (non-hydrogen) atoms. The highest BCUT2D eigenvalue weighted by Crippen LogP contribution is 2.30. The quantitative estimate of drug-likeness (QED) is 0.471. The molecule has 0 saturated heterocycles. The first-order valence-electron chi connectivity index (χ1n) is 14.0. The molecule has 2 saturated carbocycles. The maximum Gasteiger partial charge on any atom is 0.297 e. The third-order valence-corrected chi connectivity index (χ3v) is 7.87. The Morgan fingerprint density at radius 3 is 1.79 bits per heavy atom. The molecule has 184 valence electrons. The van der Waals surface area contributed by atoms with Crippen LogP contribution in [0.2, 0.25) is 0 Å². The molecule has 0 unspecified atom stereocenters. The van der Waals surface area contributed by atoms with E-state index in [1.165, 1.54) is 122 Å². The SMILES string of the molecule is Cc1nc(-c2nc(C3CCCCCCCCC3)no2)nn1CC1CCCCCCCCCC1. The molecule has 2 aliphatic rings. The van der Waals surface area contributed by atoms with E-state index in [2.05, 4.69) is 16.8 Å². The fourth-order valence-electron chi connectivity index (χ4n) is 5.74. The molecule has 2 heterocycles. The average Bonchev–Trinajstić information content (AvgIpc) is 3.43. The zero-order valence-electron chi connectivity index (χ0n) is 20.9. The predicted molar refractivity (Wildman–Crippen MR) is 132 cm³/mol. The van der Waals surface area contributed by atoms with Crippen LogP contribution in [0.15, 0.2) is 4.52 Å². The minimum atomic E-state index is 0.413. The highest BCUT2D eigenvalue weighted by molar-refractivity contribution is 5.38. The van der Waals surface area contributed by atoms with Gasteiger partial charge in [-0.3, -0.25) is 0 Å². The van der Waals surface area contributed by atoms with Gasteiger partial charge in [0.1, 0.15) is 5.82 Å². The largest absolute Gasteiger partial charge is 0.330 e. The van der Waals surface area contributed by atoms with E-state index in [0.717, 1.165) is 18.2 Å². The molecule has 2 aromatic heterocycles. The highest BCUT2D eigenvalue weighted by Gasteiger charge is 2.22. The number of aryl methyl sites for hydroxylation is 1. The van der Waals surface area contributed by atoms with E-state index in [1.807, 2.05) is 0 Å². The normalized spacial score (nSPS) is 21.5. The maximum absolute atomic E-state index is 5.67. The molecule has 0 atom stereocenters. The second-order valence-corrected chi connectivity index (χ2v) is 10.6. The van der Waals surface area contributed by atoms with Gasteiger partial charge in [-0.25, -0.2) is 9.67 Å². The summed E-state index contributed by atoms with van der Waals surface area (Å²) < 4.78 is 7.76. The van der Waals surface area contributed by atoms with Crippen LogP contribution in [-0.4, -0.2) is 24.9 Å². The highest BCUT2D eigenvalue weighted by atomic mass is 16.5. The minimum absolute atomic E-state index is 0.413. The van der Waals surface area contributed by atoms with Crippen LogP contribution >= 0.6 is 0 Å². The molecule has 0 bridgehead atoms. The Morgan fingerprint density at radius 1 is 0.697 bits per heavy atom. The molecule has 2 aromatic rings. The Hall–Kier alpha value is -1.72. The van der Waals surface area contributed by atoms with E-state index in [-0.39, 0.29) is 0 Å². The van der Waals surface area contributed by atoms with Gasteiger partial charge in [-0.15, -0.1) is 5.10 Å². The number of hydrogen-bond acceptors (Lipinski definition) is 5. The average molecular weight is 456 g/mol. The van der Waals surface area contributed by atoms with Gasteiger partial charge in [0.2, 0.25) is 5.82 Å². The van der Waals surface area contributed by atoms with Gasteiger partial charge >= 0.3 is 0 Å². The number of nitrogens with zero attached hydrogens (tertiary/aromatic N) is 5. The van der Waals surface area contributed by atoms with Crippen molar-refractivity contribution in [2.75, 3.05) is 0 Å². The summed E-state index contributed by atoms with van der Waals surface area (Å²) in [5.41, 5.74) is 0. The summed E-state index contributed by atoms with van der Waals surface area (Å²) >= 11 is 0. The van der Waals surface area contributed by atoms with Crippen LogP contribution in [0.5, 0.6) is 0 Å². The Kier molecular flexibility index (Phi) is 9.79. The lowest BCUT2D eigenvalue weighted by Gasteiger charge is -2.17. The molecule has 0 radical (unpaired) electrons. The minimum Gasteiger partial charge on any atom is -0.330 e. The van der Waals surface area contributed by atoms with Crippen LogP contribution in [0.1, 0.15) is 140 Å². The van der Waals surface area contributed by atoms with Crippen LogP contribution < -0.4 is 0 Å². The number of aromatic nitrogens is 5. The van der Waals surface area contributed by atoms with E-state index in [0.29, 0.717) is 23.6 Å². The molecule has 2 aliphatic carbocycles. The van der Waals surface area contributed by atoms with E-state index in [9.17, 15) is 0 Å². The lowest BCUT2D eigenvalue weighted by molar-refractivity contribution is 0.344. The van der Waals surface area contributed by atoms with Crippen molar-refractivity contribution in [2.45, 2.75) is 141 Å². The first kappa shape index (κ1) is 24.4. The van der Waals surface area contributed by atoms with Gasteiger partial charge in [0.15, 0.2) is 5.82 Å². The van der Waals surface area contributed by atoms with Gasteiger partial charge in [-0.2, -0.15) is 4.98 Å². The van der Waals surface area contributed by atoms with Gasteiger partial charge in [-0.1, -0.05) is 101 Å². The second-order valence-electron chi connectivity index (χ2n) is 10.6. The van der Waals surface area contributed by atoms with Crippen LogP contribution in [0.3, 0.4) is 0 Å². The van der Waals surface area contributed by atoms with Crippen molar-refractivity contribution in [3.8, 4) is 11.7 Å². The number of rotatable bonds is 4. The Bertz CT molecular complexity index is 791. The lowest BCUT2D eigenvalue weighted by Crippen LogP contribution is -2.14. The van der Waals surface area contributed by atoms with E-state index < -0.39 is 0 Å². The molecular formula is C27H45N5O. The fourth-order valence-corrected chi connectivity index (χ4v) is 5.74. The Balaban J connectivity index is 1.39. The van der Waals surface area contributed by atoms with Gasteiger partial charge in [-0.05, 0) is 38.5 Å². The van der Waals surface area contributed by atoms with Crippen LogP contribution in [0, 0.1) is 12.8 Å². The third kappa shape index (κ3) is 7.65. The van der Waals surface area contributed by atoms with Gasteiger partial charge in [0.25, 0.3) is 5.89 Å². The summed E-state index contributed by atoms with van der Waals surface area (Å²) in [7, 11) is 0. The summed E-state index contributed by atoms with van der Waals surface area (Å²) in [4.78, 5) is 9.49. The summed E-state index contributed by atoms with van der Waals surface area (Å²) in [5, 5.41) is 9.19. The molecule has 6 nitrogen and oxygen atoms in total. The Labute approximate surface area is 200 Å². The molecule has 0 N–H and O–H groups in total. The summed E-state index contributed by atoms with van der Waals surface area (Å²) in [5.74, 6) is 4.02. The third-order valence-electron chi connectivity index (χ3n) is 7.87. The Morgan fingerprint density at radius 2 is 1.21 bits per heavy atom. The molecule has 4 rings (SSSR count). The summed E-state index contributed by atoms with van der Waals surface area (Å²) in [6, 6.07) is 0. The second kappa shape index (κ2) is 13.2. The zero-order valence-corrected chi connectivity index (χ0v) is 20.9. The standard InChI is InChI=1S/C27H45N5O/c1-22-28-26(30-32(22)21-23-17-13-9-5-2-3-6-10-14-18-23)27-29-25(31-33-27)24-19-15-11-7-4-8-12-16-20-24/h23-24H,2-21H2,1H3. The first-order chi connectivity index (χ1) is 16.3. The lowest BCUT2D eigenvalue weighted by atomic mass is 9.92. The summed E-state index contributed by atoms with van der Waals surface area (Å²) in [6.45, 7) is 3.02. The summed E-state index contributed by atoms with van der Waals surface area (Å²) in [6.07, 6.45) is 25.4. The predicted octanol–water partition coefficient (Wildman–Crippen LogP) is 7.78. The maximum atomic E-state index is 5.67. The zero-order chi connectivity index (χ0) is 22.7. The molecule has 0 aromatic carbocycles. The molecular weight excluding hydrogens is 410 g/mol. The van der Waals surface area contributed by atoms with Crippen molar-refractivity contribution >= 4 is 0 Å². The smallest absolute Gasteiger partial charge is 0.297 e. The van der Waals surface area contributed by atoms with Crippen molar-refractivity contribution in [2.24, 2.45) is 5.92 Å². The number of hydrogen-bond donors (Lipinski definition) is 0. The van der Waals surface area contributed by atoms with Crippen LogP contribution in [-0.2, 0) is 6.54 Å². The van der Waals surface area contributed by atoms with Crippen molar-refractivity contribution in [1.29, 1.82) is 0 Å². The topological polar surface area (TPSA) is 69.6 Å². The van der Waals surface area contributed by atoms with E-state index in [4.69, 9.17) is 19.6 Å². The first-order valence-corrected chi connectivity index (χ1v) is 14.0. The molecule has 6 heteroatoms. The molecule has 0 aliphatic heterocycles. The van der Waals surface area contributed by atoms with Gasteiger partial charge < -0.3 is 4.52 Å². The van der Waals surface area contributed by atoms with Crippen molar-refractivity contribution in [3.05, 3.63) is 11.6 Å². The molecule has 2 fully saturated rings. The van der Waals surface area contributed by atoms with Gasteiger partial charge in [0, 0.05) is 12.5 Å². The molecule has 0 amide bonds. The fraction of sp³-hybridized carbons (Fsp3) is 0.852. The van der Waals surface area contributed by atoms with Crippen molar-refractivity contribution < 1.29 is 4.52 Å². The molecule has 0 spiro atoms. The van der Waals surface area contributed by atoms with Crippen LogP contribution in [0.4, 0.5) is 0 Å². The van der Waals surface area contributed by atoms with Crippen LogP contribution in [0.25, 0.3) is 11.7 Å². The van der Waals surface area contributed by atoms with Crippen molar-refractivity contribution in [1.82, 2.24) is 24.9 Å².